The molecule has 1 saturated heterocycles. The molecule has 0 bridgehead atoms. The maximum atomic E-state index is 12.3. The zero-order valence-corrected chi connectivity index (χ0v) is 16.8. The highest BCUT2D eigenvalue weighted by molar-refractivity contribution is 9.10. The number of phenolic OH excluding ortho intramolecular Hbond substituents is 1. The fourth-order valence-electron chi connectivity index (χ4n) is 3.02. The first-order valence-electron chi connectivity index (χ1n) is 9.14. The lowest BCUT2D eigenvalue weighted by Crippen LogP contribution is -2.43. The van der Waals surface area contributed by atoms with Crippen LogP contribution >= 0.6 is 15.9 Å². The number of hydrazine groups is 1. The number of benzene rings is 2. The normalized spacial score (nSPS) is 18.6. The van der Waals surface area contributed by atoms with E-state index in [1.165, 1.54) is 12.1 Å². The molecule has 2 unspecified atom stereocenters. The maximum Gasteiger partial charge on any atom is 0.251 e. The van der Waals surface area contributed by atoms with Gasteiger partial charge in [0.15, 0.2) is 0 Å². The monoisotopic (exact) mass is 446 g/mol. The molecule has 28 heavy (non-hydrogen) atoms. The average molecular weight is 447 g/mol. The second-order valence-corrected chi connectivity index (χ2v) is 7.55. The number of rotatable bonds is 7. The Morgan fingerprint density at radius 1 is 1.07 bits per heavy atom. The first kappa shape index (κ1) is 20.3. The molecule has 0 saturated carbocycles. The number of aromatic hydroxyl groups is 1. The van der Waals surface area contributed by atoms with E-state index >= 15 is 0 Å². The minimum Gasteiger partial charge on any atom is -0.508 e. The van der Waals surface area contributed by atoms with Crippen LogP contribution in [-0.2, 0) is 4.79 Å². The van der Waals surface area contributed by atoms with Crippen molar-refractivity contribution in [2.75, 3.05) is 13.1 Å². The van der Waals surface area contributed by atoms with Gasteiger partial charge in [-0.25, -0.2) is 10.9 Å². The third kappa shape index (κ3) is 5.54. The molecule has 2 atom stereocenters. The molecule has 2 aromatic rings. The molecule has 3 rings (SSSR count). The van der Waals surface area contributed by atoms with E-state index < -0.39 is 0 Å². The minimum atomic E-state index is -0.296. The molecule has 1 fully saturated rings. The SMILES string of the molecule is O=C(NCCCNC(=O)C1CC(c2ccc(Br)cc2)NN1)c1cccc(O)c1. The van der Waals surface area contributed by atoms with E-state index in [9.17, 15) is 14.7 Å². The molecule has 7 nitrogen and oxygen atoms in total. The summed E-state index contributed by atoms with van der Waals surface area (Å²) in [6.07, 6.45) is 1.29. The number of phenols is 1. The molecular weight excluding hydrogens is 424 g/mol. The smallest absolute Gasteiger partial charge is 0.251 e. The molecule has 5 N–H and O–H groups in total. The Balaban J connectivity index is 1.34. The van der Waals surface area contributed by atoms with Crippen LogP contribution in [0.15, 0.2) is 53.0 Å². The second kappa shape index (κ2) is 9.68. The molecule has 2 aromatic carbocycles. The number of hydrogen-bond acceptors (Lipinski definition) is 5. The molecule has 1 heterocycles. The van der Waals surface area contributed by atoms with Crippen molar-refractivity contribution >= 4 is 27.7 Å². The zero-order chi connectivity index (χ0) is 19.9. The summed E-state index contributed by atoms with van der Waals surface area (Å²) in [5, 5.41) is 15.1. The molecule has 8 heteroatoms. The van der Waals surface area contributed by atoms with Gasteiger partial charge in [0.25, 0.3) is 5.91 Å². The van der Waals surface area contributed by atoms with Crippen LogP contribution in [0, 0.1) is 0 Å². The summed E-state index contributed by atoms with van der Waals surface area (Å²) < 4.78 is 1.02. The van der Waals surface area contributed by atoms with Crippen LogP contribution in [0.1, 0.15) is 34.8 Å². The van der Waals surface area contributed by atoms with E-state index in [1.54, 1.807) is 12.1 Å². The van der Waals surface area contributed by atoms with Crippen LogP contribution in [0.5, 0.6) is 5.75 Å². The van der Waals surface area contributed by atoms with Crippen molar-refractivity contribution in [3.05, 3.63) is 64.1 Å². The van der Waals surface area contributed by atoms with Gasteiger partial charge in [0, 0.05) is 29.2 Å². The van der Waals surface area contributed by atoms with E-state index in [1.807, 2.05) is 24.3 Å². The van der Waals surface area contributed by atoms with Gasteiger partial charge >= 0.3 is 0 Å². The van der Waals surface area contributed by atoms with E-state index in [0.717, 1.165) is 10.0 Å². The van der Waals surface area contributed by atoms with Gasteiger partial charge in [0.2, 0.25) is 5.91 Å². The predicted molar refractivity (Wildman–Crippen MR) is 110 cm³/mol. The second-order valence-electron chi connectivity index (χ2n) is 6.63. The zero-order valence-electron chi connectivity index (χ0n) is 15.2. The van der Waals surface area contributed by atoms with Gasteiger partial charge in [-0.15, -0.1) is 0 Å². The number of carbonyl (C=O) groups is 2. The Bertz CT molecular complexity index is 828. The number of carbonyl (C=O) groups excluding carboxylic acids is 2. The molecule has 0 aromatic heterocycles. The Hall–Kier alpha value is -2.42. The van der Waals surface area contributed by atoms with Crippen molar-refractivity contribution in [2.24, 2.45) is 0 Å². The third-order valence-corrected chi connectivity index (χ3v) is 5.07. The molecular formula is C20H23BrN4O3. The Kier molecular flexibility index (Phi) is 7.02. The molecule has 0 aliphatic carbocycles. The van der Waals surface area contributed by atoms with Gasteiger partial charge in [-0.1, -0.05) is 34.1 Å². The molecule has 0 radical (unpaired) electrons. The topological polar surface area (TPSA) is 102 Å². The highest BCUT2D eigenvalue weighted by atomic mass is 79.9. The standard InChI is InChI=1S/C20H23BrN4O3/c21-15-7-5-13(6-8-15)17-12-18(25-24-17)20(28)23-10-2-9-22-19(27)14-3-1-4-16(26)11-14/h1,3-8,11,17-18,24-26H,2,9-10,12H2,(H,22,27)(H,23,28). The van der Waals surface area contributed by atoms with Crippen LogP contribution < -0.4 is 21.5 Å². The van der Waals surface area contributed by atoms with Crippen LogP contribution in [0.25, 0.3) is 0 Å². The highest BCUT2D eigenvalue weighted by Gasteiger charge is 2.29. The molecule has 148 valence electrons. The average Bonchev–Trinajstić information content (AvgIpc) is 3.18. The third-order valence-electron chi connectivity index (χ3n) is 4.54. The first-order valence-corrected chi connectivity index (χ1v) is 9.93. The lowest BCUT2D eigenvalue weighted by atomic mass is 10.0. The van der Waals surface area contributed by atoms with Gasteiger partial charge in [-0.2, -0.15) is 0 Å². The minimum absolute atomic E-state index is 0.0547. The van der Waals surface area contributed by atoms with Crippen molar-refractivity contribution in [1.29, 1.82) is 0 Å². The van der Waals surface area contributed by atoms with Crippen molar-refractivity contribution < 1.29 is 14.7 Å². The summed E-state index contributed by atoms with van der Waals surface area (Å²) in [7, 11) is 0. The van der Waals surface area contributed by atoms with Crippen LogP contribution in [0.2, 0.25) is 0 Å². The molecule has 1 aliphatic rings. The fraction of sp³-hybridized carbons (Fsp3) is 0.300. The predicted octanol–water partition coefficient (Wildman–Crippen LogP) is 2.00. The summed E-state index contributed by atoms with van der Waals surface area (Å²) in [6.45, 7) is 0.910. The maximum absolute atomic E-state index is 12.3. The van der Waals surface area contributed by atoms with Crippen molar-refractivity contribution in [1.82, 2.24) is 21.5 Å². The highest BCUT2D eigenvalue weighted by Crippen LogP contribution is 2.23. The Morgan fingerprint density at radius 2 is 1.82 bits per heavy atom. The van der Waals surface area contributed by atoms with Gasteiger partial charge in [0.05, 0.1) is 0 Å². The quantitative estimate of drug-likeness (QED) is 0.418. The lowest BCUT2D eigenvalue weighted by molar-refractivity contribution is -0.122. The Labute approximate surface area is 172 Å². The van der Waals surface area contributed by atoms with Gasteiger partial charge in [0.1, 0.15) is 11.8 Å². The van der Waals surface area contributed by atoms with Crippen molar-refractivity contribution in [2.45, 2.75) is 24.9 Å². The van der Waals surface area contributed by atoms with Gasteiger partial charge in [-0.3, -0.25) is 9.59 Å². The van der Waals surface area contributed by atoms with E-state index in [-0.39, 0.29) is 29.6 Å². The summed E-state index contributed by atoms with van der Waals surface area (Å²) in [4.78, 5) is 24.3. The van der Waals surface area contributed by atoms with Gasteiger partial charge < -0.3 is 15.7 Å². The van der Waals surface area contributed by atoms with E-state index in [4.69, 9.17) is 0 Å². The number of halogens is 1. The number of hydrogen-bond donors (Lipinski definition) is 5. The van der Waals surface area contributed by atoms with Crippen LogP contribution in [0.3, 0.4) is 0 Å². The number of amides is 2. The van der Waals surface area contributed by atoms with Crippen LogP contribution in [0.4, 0.5) is 0 Å². The molecule has 1 aliphatic heterocycles. The summed E-state index contributed by atoms with van der Waals surface area (Å²) in [6, 6.07) is 14.0. The Morgan fingerprint density at radius 3 is 2.57 bits per heavy atom. The lowest BCUT2D eigenvalue weighted by Gasteiger charge is -2.11. The van der Waals surface area contributed by atoms with Crippen LogP contribution in [-0.4, -0.2) is 36.1 Å². The summed E-state index contributed by atoms with van der Waals surface area (Å²) >= 11 is 3.42. The molecule has 2 amide bonds. The van der Waals surface area contributed by atoms with E-state index in [2.05, 4.69) is 37.4 Å². The number of nitrogens with one attached hydrogen (secondary N) is 4. The summed E-state index contributed by atoms with van der Waals surface area (Å²) in [5.41, 5.74) is 7.73. The van der Waals surface area contributed by atoms with E-state index in [0.29, 0.717) is 31.5 Å². The molecule has 0 spiro atoms. The van der Waals surface area contributed by atoms with Crippen molar-refractivity contribution in [3.8, 4) is 5.75 Å². The largest absolute Gasteiger partial charge is 0.508 e. The fourth-order valence-corrected chi connectivity index (χ4v) is 3.28. The van der Waals surface area contributed by atoms with Gasteiger partial charge in [-0.05, 0) is 48.7 Å². The summed E-state index contributed by atoms with van der Waals surface area (Å²) in [5.74, 6) is -0.258. The first-order chi connectivity index (χ1) is 13.5. The van der Waals surface area contributed by atoms with Crippen molar-refractivity contribution in [3.63, 3.8) is 0 Å².